The van der Waals surface area contributed by atoms with E-state index in [0.717, 1.165) is 28.2 Å². The Hall–Kier alpha value is -3.74. The van der Waals surface area contributed by atoms with Crippen LogP contribution in [0.3, 0.4) is 0 Å². The molecule has 152 valence electrons. The Bertz CT molecular complexity index is 1130. The largest absolute Gasteiger partial charge is 0.354 e. The van der Waals surface area contributed by atoms with Crippen molar-refractivity contribution in [3.63, 3.8) is 0 Å². The third-order valence-corrected chi connectivity index (χ3v) is 4.88. The highest BCUT2D eigenvalue weighted by Crippen LogP contribution is 2.31. The predicted molar refractivity (Wildman–Crippen MR) is 113 cm³/mol. The molecule has 0 aliphatic carbocycles. The van der Waals surface area contributed by atoms with Gasteiger partial charge in [0.15, 0.2) is 5.82 Å². The number of hydrogen-bond donors (Lipinski definition) is 1. The quantitative estimate of drug-likeness (QED) is 0.514. The average Bonchev–Trinajstić information content (AvgIpc) is 3.35. The molecular weight excluding hydrogens is 381 g/mol. The van der Waals surface area contributed by atoms with Gasteiger partial charge >= 0.3 is 0 Å². The molecule has 0 bridgehead atoms. The summed E-state index contributed by atoms with van der Waals surface area (Å²) in [5, 5.41) is 7.46. The van der Waals surface area contributed by atoms with Crippen LogP contribution in [0.15, 0.2) is 73.2 Å². The standard InChI is InChI=1S/C23H22FN5O/c1-28-13-11-26-23(28)22-20(18-7-9-19(24)10-8-18)16-27-29(22)14-12-25-21(30)15-17-5-3-2-4-6-17/h2-11,13,16H,12,14-15H2,1H3,(H,25,30). The topological polar surface area (TPSA) is 64.7 Å². The second kappa shape index (κ2) is 8.73. The first-order valence-electron chi connectivity index (χ1n) is 9.72. The van der Waals surface area contributed by atoms with Crippen LogP contribution in [-0.2, 0) is 24.8 Å². The summed E-state index contributed by atoms with van der Waals surface area (Å²) >= 11 is 0. The molecule has 0 aliphatic heterocycles. The zero-order valence-electron chi connectivity index (χ0n) is 16.6. The number of benzene rings is 2. The van der Waals surface area contributed by atoms with Gasteiger partial charge in [-0.15, -0.1) is 0 Å². The highest BCUT2D eigenvalue weighted by molar-refractivity contribution is 5.79. The van der Waals surface area contributed by atoms with Gasteiger partial charge in [-0.1, -0.05) is 42.5 Å². The van der Waals surface area contributed by atoms with Crippen LogP contribution in [0.4, 0.5) is 4.39 Å². The fraction of sp³-hybridized carbons (Fsp3) is 0.174. The van der Waals surface area contributed by atoms with Gasteiger partial charge in [0.1, 0.15) is 11.5 Å². The molecule has 4 rings (SSSR count). The van der Waals surface area contributed by atoms with Crippen molar-refractivity contribution in [2.75, 3.05) is 6.54 Å². The number of halogens is 1. The molecule has 7 heteroatoms. The van der Waals surface area contributed by atoms with Gasteiger partial charge < -0.3 is 9.88 Å². The fourth-order valence-corrected chi connectivity index (χ4v) is 3.37. The van der Waals surface area contributed by atoms with E-state index in [1.165, 1.54) is 12.1 Å². The maximum absolute atomic E-state index is 13.4. The van der Waals surface area contributed by atoms with Gasteiger partial charge in [0, 0.05) is 31.5 Å². The molecule has 30 heavy (non-hydrogen) atoms. The lowest BCUT2D eigenvalue weighted by atomic mass is 10.1. The molecule has 0 unspecified atom stereocenters. The summed E-state index contributed by atoms with van der Waals surface area (Å²) in [4.78, 5) is 16.7. The van der Waals surface area contributed by atoms with Crippen molar-refractivity contribution in [3.05, 3.63) is 84.6 Å². The molecule has 2 aromatic heterocycles. The van der Waals surface area contributed by atoms with Gasteiger partial charge in [-0.3, -0.25) is 9.48 Å². The van der Waals surface area contributed by atoms with E-state index in [1.807, 2.05) is 52.8 Å². The van der Waals surface area contributed by atoms with E-state index in [4.69, 9.17) is 0 Å². The van der Waals surface area contributed by atoms with E-state index in [0.29, 0.717) is 19.5 Å². The third kappa shape index (κ3) is 4.30. The van der Waals surface area contributed by atoms with Gasteiger partial charge in [0.05, 0.1) is 19.2 Å². The van der Waals surface area contributed by atoms with Crippen LogP contribution in [0, 0.1) is 5.82 Å². The summed E-state index contributed by atoms with van der Waals surface area (Å²) in [6, 6.07) is 15.9. The number of nitrogens with zero attached hydrogens (tertiary/aromatic N) is 4. The summed E-state index contributed by atoms with van der Waals surface area (Å²) in [6.07, 6.45) is 5.68. The molecule has 6 nitrogen and oxygen atoms in total. The van der Waals surface area contributed by atoms with Crippen LogP contribution in [-0.4, -0.2) is 31.8 Å². The summed E-state index contributed by atoms with van der Waals surface area (Å²) in [5.41, 5.74) is 3.52. The Morgan fingerprint density at radius 1 is 1.10 bits per heavy atom. The zero-order chi connectivity index (χ0) is 20.9. The van der Waals surface area contributed by atoms with E-state index in [-0.39, 0.29) is 11.7 Å². The fourth-order valence-electron chi connectivity index (χ4n) is 3.37. The maximum Gasteiger partial charge on any atom is 0.224 e. The van der Waals surface area contributed by atoms with E-state index < -0.39 is 0 Å². The number of nitrogens with one attached hydrogen (secondary N) is 1. The van der Waals surface area contributed by atoms with Crippen molar-refractivity contribution in [3.8, 4) is 22.6 Å². The molecule has 1 N–H and O–H groups in total. The molecule has 1 amide bonds. The van der Waals surface area contributed by atoms with Crippen LogP contribution in [0.5, 0.6) is 0 Å². The smallest absolute Gasteiger partial charge is 0.224 e. The van der Waals surface area contributed by atoms with Crippen LogP contribution in [0.1, 0.15) is 5.56 Å². The number of aryl methyl sites for hydroxylation is 1. The van der Waals surface area contributed by atoms with Crippen LogP contribution >= 0.6 is 0 Å². The summed E-state index contributed by atoms with van der Waals surface area (Å²) in [7, 11) is 1.91. The monoisotopic (exact) mass is 403 g/mol. The average molecular weight is 403 g/mol. The minimum atomic E-state index is -0.286. The first-order valence-corrected chi connectivity index (χ1v) is 9.72. The number of amides is 1. The van der Waals surface area contributed by atoms with E-state index in [2.05, 4.69) is 15.4 Å². The van der Waals surface area contributed by atoms with Crippen LogP contribution < -0.4 is 5.32 Å². The minimum Gasteiger partial charge on any atom is -0.354 e. The predicted octanol–water partition coefficient (Wildman–Crippen LogP) is 3.45. The van der Waals surface area contributed by atoms with Gasteiger partial charge in [-0.25, -0.2) is 9.37 Å². The Morgan fingerprint density at radius 2 is 1.87 bits per heavy atom. The second-order valence-electron chi connectivity index (χ2n) is 7.01. The molecule has 0 atom stereocenters. The number of hydrogen-bond acceptors (Lipinski definition) is 3. The maximum atomic E-state index is 13.4. The van der Waals surface area contributed by atoms with Crippen molar-refractivity contribution in [2.45, 2.75) is 13.0 Å². The Labute approximate surface area is 174 Å². The van der Waals surface area contributed by atoms with Gasteiger partial charge in [0.25, 0.3) is 0 Å². The van der Waals surface area contributed by atoms with Crippen LogP contribution in [0.2, 0.25) is 0 Å². The summed E-state index contributed by atoms with van der Waals surface area (Å²) < 4.78 is 17.1. The lowest BCUT2D eigenvalue weighted by Gasteiger charge is -2.11. The zero-order valence-corrected chi connectivity index (χ0v) is 16.6. The molecule has 0 radical (unpaired) electrons. The van der Waals surface area contributed by atoms with E-state index in [1.54, 1.807) is 24.5 Å². The number of carbonyl (C=O) groups is 1. The molecule has 2 heterocycles. The first-order chi connectivity index (χ1) is 14.6. The van der Waals surface area contributed by atoms with Crippen molar-refractivity contribution in [2.24, 2.45) is 7.05 Å². The van der Waals surface area contributed by atoms with Gasteiger partial charge in [-0.05, 0) is 23.3 Å². The van der Waals surface area contributed by atoms with Crippen molar-refractivity contribution < 1.29 is 9.18 Å². The summed E-state index contributed by atoms with van der Waals surface area (Å²) in [6.45, 7) is 0.928. The molecule has 0 spiro atoms. The summed E-state index contributed by atoms with van der Waals surface area (Å²) in [5.74, 6) is 0.430. The third-order valence-electron chi connectivity index (χ3n) is 4.88. The molecule has 0 fully saturated rings. The van der Waals surface area contributed by atoms with E-state index in [9.17, 15) is 9.18 Å². The van der Waals surface area contributed by atoms with Crippen LogP contribution in [0.25, 0.3) is 22.6 Å². The van der Waals surface area contributed by atoms with Crippen molar-refractivity contribution in [1.82, 2.24) is 24.6 Å². The number of aromatic nitrogens is 4. The van der Waals surface area contributed by atoms with Crippen molar-refractivity contribution >= 4 is 5.91 Å². The molecule has 4 aromatic rings. The molecular formula is C23H22FN5O. The number of rotatable bonds is 7. The van der Waals surface area contributed by atoms with Gasteiger partial charge in [0.2, 0.25) is 5.91 Å². The highest BCUT2D eigenvalue weighted by atomic mass is 19.1. The lowest BCUT2D eigenvalue weighted by molar-refractivity contribution is -0.120. The van der Waals surface area contributed by atoms with Crippen molar-refractivity contribution in [1.29, 1.82) is 0 Å². The number of imidazole rings is 1. The number of carbonyl (C=O) groups excluding carboxylic acids is 1. The highest BCUT2D eigenvalue weighted by Gasteiger charge is 2.18. The molecule has 0 saturated carbocycles. The molecule has 0 aliphatic rings. The van der Waals surface area contributed by atoms with Gasteiger partial charge in [-0.2, -0.15) is 5.10 Å². The lowest BCUT2D eigenvalue weighted by Crippen LogP contribution is -2.29. The SMILES string of the molecule is Cn1ccnc1-c1c(-c2ccc(F)cc2)cnn1CCNC(=O)Cc1ccccc1. The molecule has 2 aromatic carbocycles. The first kappa shape index (κ1) is 19.6. The van der Waals surface area contributed by atoms with E-state index >= 15 is 0 Å². The minimum absolute atomic E-state index is 0.0364. The Balaban J connectivity index is 1.52. The Morgan fingerprint density at radius 3 is 2.57 bits per heavy atom. The second-order valence-corrected chi connectivity index (χ2v) is 7.01. The molecule has 0 saturated heterocycles. The Kier molecular flexibility index (Phi) is 5.70. The normalized spacial score (nSPS) is 10.9.